The summed E-state index contributed by atoms with van der Waals surface area (Å²) >= 11 is 0. The van der Waals surface area contributed by atoms with Gasteiger partial charge in [-0.25, -0.2) is 4.98 Å². The van der Waals surface area contributed by atoms with Crippen LogP contribution in [0.5, 0.6) is 5.75 Å². The molecule has 1 aliphatic heterocycles. The number of nitrogens with zero attached hydrogens (tertiary/aromatic N) is 2. The van der Waals surface area contributed by atoms with E-state index in [-0.39, 0.29) is 12.4 Å². The van der Waals surface area contributed by atoms with Gasteiger partial charge in [0.15, 0.2) is 0 Å². The number of nitrogens with one attached hydrogen (secondary N) is 2. The summed E-state index contributed by atoms with van der Waals surface area (Å²) in [5.41, 5.74) is 3.36. The Morgan fingerprint density at radius 3 is 2.80 bits per heavy atom. The highest BCUT2D eigenvalue weighted by molar-refractivity contribution is 5.85. The van der Waals surface area contributed by atoms with E-state index in [0.29, 0.717) is 5.92 Å². The molecule has 0 spiro atoms. The maximum absolute atomic E-state index is 5.31. The Hall–Kier alpha value is -2.24. The van der Waals surface area contributed by atoms with E-state index in [9.17, 15) is 0 Å². The van der Waals surface area contributed by atoms with E-state index < -0.39 is 0 Å². The third kappa shape index (κ3) is 3.57. The molecule has 25 heavy (non-hydrogen) atoms. The average Bonchev–Trinajstić information content (AvgIpc) is 3.01. The van der Waals surface area contributed by atoms with Gasteiger partial charge < -0.3 is 15.4 Å². The predicted molar refractivity (Wildman–Crippen MR) is 104 cm³/mol. The number of fused-ring (bicyclic) bond motifs is 1. The monoisotopic (exact) mass is 358 g/mol. The van der Waals surface area contributed by atoms with Crippen molar-refractivity contribution in [3.63, 3.8) is 0 Å². The molecule has 0 radical (unpaired) electrons. The van der Waals surface area contributed by atoms with Gasteiger partial charge in [0.1, 0.15) is 5.75 Å². The molecule has 0 saturated carbocycles. The third-order valence-corrected chi connectivity index (χ3v) is 4.63. The van der Waals surface area contributed by atoms with Crippen molar-refractivity contribution in [3.05, 3.63) is 54.4 Å². The lowest BCUT2D eigenvalue weighted by Crippen LogP contribution is -2.26. The van der Waals surface area contributed by atoms with Crippen molar-refractivity contribution >= 4 is 29.6 Å². The fraction of sp³-hybridized carbons (Fsp3) is 0.316. The number of ether oxygens (including phenoxy) is 1. The highest BCUT2D eigenvalue weighted by atomic mass is 35.5. The standard InChI is InChI=1S/C19H22N4O.ClH/c1-24-16-6-4-5-15(13-16)21-19-22-18(14-8-10-20-11-9-14)17-7-2-3-12-23(17)19;/h2-7,12-14,20H,8-11H2,1H3,(H,21,22);1H. The van der Waals surface area contributed by atoms with E-state index in [2.05, 4.69) is 33.4 Å². The second-order valence-corrected chi connectivity index (χ2v) is 6.16. The van der Waals surface area contributed by atoms with Gasteiger partial charge in [0.25, 0.3) is 0 Å². The number of benzene rings is 1. The molecule has 1 aromatic carbocycles. The molecule has 6 heteroatoms. The zero-order chi connectivity index (χ0) is 16.4. The van der Waals surface area contributed by atoms with Gasteiger partial charge >= 0.3 is 0 Å². The molecule has 0 amide bonds. The maximum atomic E-state index is 5.31. The number of aromatic nitrogens is 2. The minimum absolute atomic E-state index is 0. The average molecular weight is 359 g/mol. The van der Waals surface area contributed by atoms with Gasteiger partial charge in [-0.15, -0.1) is 12.4 Å². The first-order chi connectivity index (χ1) is 11.8. The normalized spacial score (nSPS) is 14.9. The van der Waals surface area contributed by atoms with Gasteiger partial charge in [-0.2, -0.15) is 0 Å². The van der Waals surface area contributed by atoms with Crippen LogP contribution in [0, 0.1) is 0 Å². The van der Waals surface area contributed by atoms with Crippen molar-refractivity contribution in [2.75, 3.05) is 25.5 Å². The fourth-order valence-electron chi connectivity index (χ4n) is 3.38. The van der Waals surface area contributed by atoms with Gasteiger partial charge in [0.2, 0.25) is 5.95 Å². The molecule has 132 valence electrons. The highest BCUT2D eigenvalue weighted by Gasteiger charge is 2.21. The van der Waals surface area contributed by atoms with Crippen molar-refractivity contribution < 1.29 is 4.74 Å². The second-order valence-electron chi connectivity index (χ2n) is 6.16. The lowest BCUT2D eigenvalue weighted by atomic mass is 9.94. The molecular weight excluding hydrogens is 336 g/mol. The number of pyridine rings is 1. The smallest absolute Gasteiger partial charge is 0.212 e. The molecule has 5 nitrogen and oxygen atoms in total. The molecule has 3 aromatic rings. The van der Waals surface area contributed by atoms with Crippen LogP contribution >= 0.6 is 12.4 Å². The topological polar surface area (TPSA) is 50.6 Å². The number of hydrogen-bond acceptors (Lipinski definition) is 4. The van der Waals surface area contributed by atoms with Crippen LogP contribution in [-0.4, -0.2) is 29.6 Å². The van der Waals surface area contributed by atoms with Gasteiger partial charge in [-0.3, -0.25) is 4.40 Å². The molecule has 0 aliphatic carbocycles. The van der Waals surface area contributed by atoms with E-state index in [4.69, 9.17) is 9.72 Å². The van der Waals surface area contributed by atoms with Gasteiger partial charge in [0, 0.05) is 23.9 Å². The zero-order valence-electron chi connectivity index (χ0n) is 14.2. The lowest BCUT2D eigenvalue weighted by Gasteiger charge is -2.21. The maximum Gasteiger partial charge on any atom is 0.212 e. The first-order valence-corrected chi connectivity index (χ1v) is 8.44. The lowest BCUT2D eigenvalue weighted by molar-refractivity contribution is 0.415. The summed E-state index contributed by atoms with van der Waals surface area (Å²) in [5.74, 6) is 2.20. The molecule has 0 unspecified atom stereocenters. The Morgan fingerprint density at radius 2 is 2.00 bits per heavy atom. The number of hydrogen-bond donors (Lipinski definition) is 2. The Bertz CT molecular complexity index is 842. The SMILES string of the molecule is COc1cccc(Nc2nc(C3CCNCC3)c3ccccn23)c1.Cl. The Kier molecular flexibility index (Phi) is 5.46. The Balaban J connectivity index is 0.00000182. The summed E-state index contributed by atoms with van der Waals surface area (Å²) in [5, 5.41) is 6.87. The summed E-state index contributed by atoms with van der Waals surface area (Å²) in [4.78, 5) is 4.95. The van der Waals surface area contributed by atoms with Crippen LogP contribution in [0.4, 0.5) is 11.6 Å². The largest absolute Gasteiger partial charge is 0.497 e. The van der Waals surface area contributed by atoms with Crippen molar-refractivity contribution in [2.45, 2.75) is 18.8 Å². The van der Waals surface area contributed by atoms with Crippen molar-refractivity contribution in [1.82, 2.24) is 14.7 Å². The summed E-state index contributed by atoms with van der Waals surface area (Å²) in [6.07, 6.45) is 4.34. The van der Waals surface area contributed by atoms with E-state index in [1.165, 1.54) is 11.2 Å². The molecule has 3 heterocycles. The number of anilines is 2. The fourth-order valence-corrected chi connectivity index (χ4v) is 3.38. The molecule has 0 atom stereocenters. The highest BCUT2D eigenvalue weighted by Crippen LogP contribution is 2.31. The van der Waals surface area contributed by atoms with E-state index in [1.54, 1.807) is 7.11 Å². The van der Waals surface area contributed by atoms with Crippen LogP contribution in [0.2, 0.25) is 0 Å². The molecule has 1 aliphatic rings. The Labute approximate surface area is 153 Å². The summed E-state index contributed by atoms with van der Waals surface area (Å²) in [6.45, 7) is 2.13. The first-order valence-electron chi connectivity index (χ1n) is 8.44. The molecule has 2 aromatic heterocycles. The van der Waals surface area contributed by atoms with Crippen molar-refractivity contribution in [3.8, 4) is 5.75 Å². The van der Waals surface area contributed by atoms with Gasteiger partial charge in [-0.05, 0) is 50.2 Å². The third-order valence-electron chi connectivity index (χ3n) is 4.63. The minimum Gasteiger partial charge on any atom is -0.497 e. The zero-order valence-corrected chi connectivity index (χ0v) is 15.1. The molecule has 1 saturated heterocycles. The van der Waals surface area contributed by atoms with E-state index in [1.807, 2.05) is 30.3 Å². The van der Waals surface area contributed by atoms with E-state index in [0.717, 1.165) is 43.3 Å². The number of rotatable bonds is 4. The Morgan fingerprint density at radius 1 is 1.16 bits per heavy atom. The number of halogens is 1. The molecule has 0 bridgehead atoms. The van der Waals surface area contributed by atoms with Crippen LogP contribution in [0.1, 0.15) is 24.5 Å². The molecule has 4 rings (SSSR count). The quantitative estimate of drug-likeness (QED) is 0.740. The molecule has 2 N–H and O–H groups in total. The first kappa shape index (κ1) is 17.6. The number of imidazole rings is 1. The molecular formula is C19H23ClN4O. The van der Waals surface area contributed by atoms with Gasteiger partial charge in [0.05, 0.1) is 18.3 Å². The van der Waals surface area contributed by atoms with Crippen molar-refractivity contribution in [1.29, 1.82) is 0 Å². The second kappa shape index (κ2) is 7.76. The van der Waals surface area contributed by atoms with Crippen LogP contribution in [-0.2, 0) is 0 Å². The van der Waals surface area contributed by atoms with Crippen LogP contribution in [0.15, 0.2) is 48.7 Å². The van der Waals surface area contributed by atoms with Crippen molar-refractivity contribution in [2.24, 2.45) is 0 Å². The summed E-state index contributed by atoms with van der Waals surface area (Å²) in [6, 6.07) is 14.2. The number of piperidine rings is 1. The van der Waals surface area contributed by atoms with Crippen LogP contribution < -0.4 is 15.4 Å². The summed E-state index contributed by atoms with van der Waals surface area (Å²) in [7, 11) is 1.68. The van der Waals surface area contributed by atoms with Gasteiger partial charge in [-0.1, -0.05) is 12.1 Å². The number of methoxy groups -OCH3 is 1. The van der Waals surface area contributed by atoms with Crippen LogP contribution in [0.3, 0.4) is 0 Å². The van der Waals surface area contributed by atoms with E-state index >= 15 is 0 Å². The van der Waals surface area contributed by atoms with Crippen LogP contribution in [0.25, 0.3) is 5.52 Å². The minimum atomic E-state index is 0. The molecule has 1 fully saturated rings. The summed E-state index contributed by atoms with van der Waals surface area (Å²) < 4.78 is 7.44. The predicted octanol–water partition coefficient (Wildman–Crippen LogP) is 3.98.